The number of carbonyl (C=O) groups is 1. The molecule has 5 nitrogen and oxygen atoms in total. The first-order valence-corrected chi connectivity index (χ1v) is 7.45. The van der Waals surface area contributed by atoms with Crippen LogP contribution in [0.3, 0.4) is 0 Å². The molecule has 20 heavy (non-hydrogen) atoms. The van der Waals surface area contributed by atoms with E-state index >= 15 is 0 Å². The molecule has 1 aliphatic carbocycles. The number of aromatic nitrogens is 3. The zero-order valence-electron chi connectivity index (χ0n) is 11.2. The van der Waals surface area contributed by atoms with Gasteiger partial charge in [-0.1, -0.05) is 42.1 Å². The van der Waals surface area contributed by atoms with Crippen molar-refractivity contribution in [1.82, 2.24) is 14.8 Å². The van der Waals surface area contributed by atoms with Crippen molar-refractivity contribution in [3.05, 3.63) is 41.7 Å². The molecule has 1 fully saturated rings. The molecule has 1 amide bonds. The molecule has 6 heteroatoms. The van der Waals surface area contributed by atoms with Crippen LogP contribution in [0.15, 0.2) is 35.5 Å². The summed E-state index contributed by atoms with van der Waals surface area (Å²) in [6.45, 7) is 0. The lowest BCUT2D eigenvalue weighted by Crippen LogP contribution is -2.19. The molecule has 1 saturated carbocycles. The molecule has 1 atom stereocenters. The van der Waals surface area contributed by atoms with Crippen LogP contribution in [0.4, 0.5) is 0 Å². The number of nitrogens with two attached hydrogens (primary N) is 1. The van der Waals surface area contributed by atoms with E-state index in [0.717, 1.165) is 16.5 Å². The molecule has 0 bridgehead atoms. The number of primary amides is 1. The zero-order valence-corrected chi connectivity index (χ0v) is 12.0. The lowest BCUT2D eigenvalue weighted by atomic mass is 10.1. The molecule has 0 saturated heterocycles. The van der Waals surface area contributed by atoms with Gasteiger partial charge in [-0.25, -0.2) is 0 Å². The largest absolute Gasteiger partial charge is 0.368 e. The predicted molar refractivity (Wildman–Crippen MR) is 77.2 cm³/mol. The first kappa shape index (κ1) is 13.2. The molecule has 2 N–H and O–H groups in total. The van der Waals surface area contributed by atoms with E-state index in [-0.39, 0.29) is 5.91 Å². The van der Waals surface area contributed by atoms with Gasteiger partial charge in [0.25, 0.3) is 0 Å². The van der Waals surface area contributed by atoms with E-state index in [1.807, 2.05) is 41.9 Å². The van der Waals surface area contributed by atoms with E-state index in [2.05, 4.69) is 10.2 Å². The number of hydrogen-bond donors (Lipinski definition) is 1. The average molecular weight is 288 g/mol. The van der Waals surface area contributed by atoms with Gasteiger partial charge in [0.15, 0.2) is 5.16 Å². The van der Waals surface area contributed by atoms with E-state index in [4.69, 9.17) is 5.73 Å². The van der Waals surface area contributed by atoms with Gasteiger partial charge in [-0.15, -0.1) is 10.2 Å². The highest BCUT2D eigenvalue weighted by Crippen LogP contribution is 2.41. The summed E-state index contributed by atoms with van der Waals surface area (Å²) in [5, 5.41) is 8.71. The first-order chi connectivity index (χ1) is 9.66. The highest BCUT2D eigenvalue weighted by molar-refractivity contribution is 8.00. The smallest absolute Gasteiger partial charge is 0.235 e. The summed E-state index contributed by atoms with van der Waals surface area (Å²) in [6.07, 6.45) is 2.35. The standard InChI is InChI=1S/C14H16N4OS/c1-18-13(10-7-8-10)16-17-14(18)20-11(12(15)19)9-5-3-2-4-6-9/h2-6,10-11H,7-8H2,1H3,(H2,15,19)/t11-/m1/s1. The normalized spacial score (nSPS) is 16.1. The Morgan fingerprint density at radius 3 is 2.65 bits per heavy atom. The SMILES string of the molecule is Cn1c(S[C@@H](C(N)=O)c2ccccc2)nnc1C1CC1. The minimum atomic E-state index is -0.439. The molecular weight excluding hydrogens is 272 g/mol. The quantitative estimate of drug-likeness (QED) is 0.854. The van der Waals surface area contributed by atoms with Gasteiger partial charge >= 0.3 is 0 Å². The topological polar surface area (TPSA) is 73.8 Å². The maximum absolute atomic E-state index is 11.7. The molecule has 1 heterocycles. The van der Waals surface area contributed by atoms with Crippen LogP contribution in [0.1, 0.15) is 35.4 Å². The Bertz CT molecular complexity index is 621. The van der Waals surface area contributed by atoms with Crippen LogP contribution in [-0.4, -0.2) is 20.7 Å². The Kier molecular flexibility index (Phi) is 3.48. The molecule has 104 valence electrons. The Hall–Kier alpha value is -1.82. The fraction of sp³-hybridized carbons (Fsp3) is 0.357. The van der Waals surface area contributed by atoms with Gasteiger partial charge in [0, 0.05) is 13.0 Å². The molecule has 0 spiro atoms. The van der Waals surface area contributed by atoms with E-state index in [1.165, 1.54) is 24.6 Å². The Labute approximate surface area is 121 Å². The minimum Gasteiger partial charge on any atom is -0.368 e. The third-order valence-electron chi connectivity index (χ3n) is 3.40. The highest BCUT2D eigenvalue weighted by atomic mass is 32.2. The first-order valence-electron chi connectivity index (χ1n) is 6.57. The molecule has 0 aliphatic heterocycles. The van der Waals surface area contributed by atoms with Gasteiger partial charge < -0.3 is 10.3 Å². The molecule has 1 aromatic heterocycles. The third-order valence-corrected chi connectivity index (χ3v) is 4.70. The number of benzene rings is 1. The lowest BCUT2D eigenvalue weighted by molar-refractivity contribution is -0.117. The van der Waals surface area contributed by atoms with Gasteiger partial charge in [0.05, 0.1) is 0 Å². The summed E-state index contributed by atoms with van der Waals surface area (Å²) >= 11 is 1.36. The van der Waals surface area contributed by atoms with Gasteiger partial charge in [-0.3, -0.25) is 4.79 Å². The number of amides is 1. The third kappa shape index (κ3) is 2.56. The van der Waals surface area contributed by atoms with Crippen molar-refractivity contribution >= 4 is 17.7 Å². The van der Waals surface area contributed by atoms with Gasteiger partial charge in [-0.2, -0.15) is 0 Å². The van der Waals surface area contributed by atoms with Crippen LogP contribution in [0.5, 0.6) is 0 Å². The van der Waals surface area contributed by atoms with Crippen LogP contribution >= 0.6 is 11.8 Å². The second-order valence-electron chi connectivity index (χ2n) is 4.99. The number of carbonyl (C=O) groups excluding carboxylic acids is 1. The Balaban J connectivity index is 1.85. The van der Waals surface area contributed by atoms with Crippen molar-refractivity contribution in [3.63, 3.8) is 0 Å². The van der Waals surface area contributed by atoms with Crippen LogP contribution in [-0.2, 0) is 11.8 Å². The molecular formula is C14H16N4OS. The second-order valence-corrected chi connectivity index (χ2v) is 6.06. The average Bonchev–Trinajstić information content (AvgIpc) is 3.22. The summed E-state index contributed by atoms with van der Waals surface area (Å²) < 4.78 is 1.97. The maximum atomic E-state index is 11.7. The number of nitrogens with zero attached hydrogens (tertiary/aromatic N) is 3. The van der Waals surface area contributed by atoms with Crippen molar-refractivity contribution in [1.29, 1.82) is 0 Å². The summed E-state index contributed by atoms with van der Waals surface area (Å²) in [6, 6.07) is 9.52. The molecule has 1 aromatic carbocycles. The van der Waals surface area contributed by atoms with Crippen molar-refractivity contribution < 1.29 is 4.79 Å². The maximum Gasteiger partial charge on any atom is 0.235 e. The van der Waals surface area contributed by atoms with Crippen molar-refractivity contribution in [3.8, 4) is 0 Å². The fourth-order valence-corrected chi connectivity index (χ4v) is 3.11. The molecule has 3 rings (SSSR count). The summed E-state index contributed by atoms with van der Waals surface area (Å²) in [5.74, 6) is 1.17. The summed E-state index contributed by atoms with van der Waals surface area (Å²) in [7, 11) is 1.94. The molecule has 2 aromatic rings. The number of hydrogen-bond acceptors (Lipinski definition) is 4. The fourth-order valence-electron chi connectivity index (χ4n) is 2.15. The summed E-state index contributed by atoms with van der Waals surface area (Å²) in [5.41, 5.74) is 6.42. The lowest BCUT2D eigenvalue weighted by Gasteiger charge is -2.12. The molecule has 0 radical (unpaired) electrons. The number of thioether (sulfide) groups is 1. The Morgan fingerprint density at radius 2 is 2.05 bits per heavy atom. The van der Waals surface area contributed by atoms with E-state index in [9.17, 15) is 4.79 Å². The van der Waals surface area contributed by atoms with E-state index in [0.29, 0.717) is 5.92 Å². The van der Waals surface area contributed by atoms with Crippen molar-refractivity contribution in [2.24, 2.45) is 12.8 Å². The van der Waals surface area contributed by atoms with Crippen LogP contribution < -0.4 is 5.73 Å². The van der Waals surface area contributed by atoms with Crippen molar-refractivity contribution in [2.75, 3.05) is 0 Å². The van der Waals surface area contributed by atoms with Crippen LogP contribution in [0, 0.1) is 0 Å². The minimum absolute atomic E-state index is 0.364. The monoisotopic (exact) mass is 288 g/mol. The molecule has 1 aliphatic rings. The molecule has 0 unspecified atom stereocenters. The number of rotatable bonds is 5. The van der Waals surface area contributed by atoms with Crippen LogP contribution in [0.2, 0.25) is 0 Å². The highest BCUT2D eigenvalue weighted by Gasteiger charge is 2.30. The Morgan fingerprint density at radius 1 is 1.35 bits per heavy atom. The van der Waals surface area contributed by atoms with Gasteiger partial charge in [0.1, 0.15) is 11.1 Å². The summed E-state index contributed by atoms with van der Waals surface area (Å²) in [4.78, 5) is 11.7. The van der Waals surface area contributed by atoms with E-state index < -0.39 is 5.25 Å². The van der Waals surface area contributed by atoms with Gasteiger partial charge in [0.2, 0.25) is 5.91 Å². The van der Waals surface area contributed by atoms with E-state index in [1.54, 1.807) is 0 Å². The van der Waals surface area contributed by atoms with Gasteiger partial charge in [-0.05, 0) is 18.4 Å². The predicted octanol–water partition coefficient (Wildman–Crippen LogP) is 2.01. The van der Waals surface area contributed by atoms with Crippen molar-refractivity contribution in [2.45, 2.75) is 29.2 Å². The van der Waals surface area contributed by atoms with Crippen LogP contribution in [0.25, 0.3) is 0 Å². The second kappa shape index (κ2) is 5.28. The zero-order chi connectivity index (χ0) is 14.1.